The van der Waals surface area contributed by atoms with E-state index in [-0.39, 0.29) is 11.8 Å². The molecule has 3 aliphatic heterocycles. The van der Waals surface area contributed by atoms with Gasteiger partial charge < -0.3 is 4.74 Å². The Balaban J connectivity index is 1.30. The molecule has 2 atom stereocenters. The maximum atomic E-state index is 7.26. The molecular formula is C44H26N2O. The molecule has 2 aliphatic carbocycles. The second kappa shape index (κ2) is 8.39. The lowest BCUT2D eigenvalue weighted by atomic mass is 9.61. The van der Waals surface area contributed by atoms with E-state index in [4.69, 9.17) is 4.74 Å². The second-order valence-corrected chi connectivity index (χ2v) is 13.2. The van der Waals surface area contributed by atoms with Crippen LogP contribution < -0.4 is 14.8 Å². The van der Waals surface area contributed by atoms with Crippen LogP contribution in [0.2, 0.25) is 0 Å². The lowest BCUT2D eigenvalue weighted by molar-refractivity contribution is 0.468. The van der Waals surface area contributed by atoms with Crippen molar-refractivity contribution in [1.29, 1.82) is 0 Å². The highest BCUT2D eigenvalue weighted by molar-refractivity contribution is 6.08. The molecule has 0 spiro atoms. The van der Waals surface area contributed by atoms with Gasteiger partial charge in [0.05, 0.1) is 17.1 Å². The lowest BCUT2D eigenvalue weighted by Gasteiger charge is -2.49. The molecule has 2 bridgehead atoms. The Hall–Kier alpha value is -6.06. The van der Waals surface area contributed by atoms with Crippen LogP contribution in [0.5, 0.6) is 11.5 Å². The standard InChI is InChI=1S/C44H26N2O/c1-3-15-29-25(11-1)31-17-9-21-39-42(31)43-35-24-38-34(23-33(35)26-12-2-4-16-30(26)41(29)43)28-14-6-8-20-37(28)45-36-19-7-5-13-27(36)32-18-10-22-40(47-39)44(32)46(38)45/h1-24,41,43H. The van der Waals surface area contributed by atoms with E-state index in [0.29, 0.717) is 0 Å². The van der Waals surface area contributed by atoms with Gasteiger partial charge in [0.15, 0.2) is 5.75 Å². The quantitative estimate of drug-likeness (QED) is 0.173. The summed E-state index contributed by atoms with van der Waals surface area (Å²) in [6.45, 7) is 0. The molecule has 5 aliphatic rings. The monoisotopic (exact) mass is 598 g/mol. The van der Waals surface area contributed by atoms with Crippen LogP contribution in [-0.2, 0) is 0 Å². The topological polar surface area (TPSA) is 15.7 Å². The number of hydrogen-bond donors (Lipinski definition) is 0. The maximum absolute atomic E-state index is 7.26. The number of nitrogens with zero attached hydrogens (tertiary/aromatic N) is 2. The van der Waals surface area contributed by atoms with E-state index < -0.39 is 0 Å². The maximum Gasteiger partial charge on any atom is 0.153 e. The molecule has 7 aromatic carbocycles. The first-order valence-electron chi connectivity index (χ1n) is 16.4. The van der Waals surface area contributed by atoms with Gasteiger partial charge in [-0.2, -0.15) is 0 Å². The van der Waals surface area contributed by atoms with Crippen molar-refractivity contribution < 1.29 is 4.74 Å². The summed E-state index contributed by atoms with van der Waals surface area (Å²) in [4.78, 5) is 0. The van der Waals surface area contributed by atoms with Crippen LogP contribution in [0.15, 0.2) is 146 Å². The third kappa shape index (κ3) is 2.85. The molecule has 12 rings (SSSR count). The van der Waals surface area contributed by atoms with Gasteiger partial charge in [-0.15, -0.1) is 0 Å². The van der Waals surface area contributed by atoms with Crippen LogP contribution in [0, 0.1) is 0 Å². The van der Waals surface area contributed by atoms with Gasteiger partial charge in [-0.05, 0) is 75.3 Å². The van der Waals surface area contributed by atoms with Crippen LogP contribution in [0.25, 0.3) is 44.5 Å². The summed E-state index contributed by atoms with van der Waals surface area (Å²) in [7, 11) is 0. The largest absolute Gasteiger partial charge is 0.455 e. The summed E-state index contributed by atoms with van der Waals surface area (Å²) >= 11 is 0. The molecule has 0 fully saturated rings. The molecule has 0 amide bonds. The van der Waals surface area contributed by atoms with E-state index in [1.165, 1.54) is 83.8 Å². The van der Waals surface area contributed by atoms with Crippen molar-refractivity contribution in [2.24, 2.45) is 0 Å². The first-order chi connectivity index (χ1) is 23.3. The summed E-state index contributed by atoms with van der Waals surface area (Å²) < 4.78 is 7.26. The Kier molecular flexibility index (Phi) is 4.32. The zero-order valence-electron chi connectivity index (χ0n) is 25.3. The average molecular weight is 599 g/mol. The Bertz CT molecular complexity index is 2380. The fraction of sp³-hybridized carbons (Fsp3) is 0.0455. The van der Waals surface area contributed by atoms with Crippen molar-refractivity contribution in [2.75, 3.05) is 10.0 Å². The molecule has 7 aromatic rings. The molecule has 0 N–H and O–H groups in total. The lowest BCUT2D eigenvalue weighted by Crippen LogP contribution is -2.41. The Morgan fingerprint density at radius 3 is 1.68 bits per heavy atom. The summed E-state index contributed by atoms with van der Waals surface area (Å²) in [6.07, 6.45) is 0. The predicted octanol–water partition coefficient (Wildman–Crippen LogP) is 11.6. The van der Waals surface area contributed by atoms with Gasteiger partial charge in [0.25, 0.3) is 0 Å². The van der Waals surface area contributed by atoms with Gasteiger partial charge >= 0.3 is 0 Å². The third-order valence-corrected chi connectivity index (χ3v) is 11.1. The number of rotatable bonds is 0. The molecule has 3 heteroatoms. The van der Waals surface area contributed by atoms with E-state index in [9.17, 15) is 0 Å². The number of benzene rings is 7. The van der Waals surface area contributed by atoms with E-state index in [2.05, 4.69) is 156 Å². The summed E-state index contributed by atoms with van der Waals surface area (Å²) in [5.41, 5.74) is 20.1. The van der Waals surface area contributed by atoms with E-state index in [0.717, 1.165) is 17.2 Å². The van der Waals surface area contributed by atoms with Crippen molar-refractivity contribution in [3.8, 4) is 56.0 Å². The van der Waals surface area contributed by atoms with Crippen molar-refractivity contribution in [3.63, 3.8) is 0 Å². The number of fused-ring (bicyclic) bond motifs is 12. The second-order valence-electron chi connectivity index (χ2n) is 13.2. The van der Waals surface area contributed by atoms with Gasteiger partial charge in [0, 0.05) is 39.7 Å². The molecule has 218 valence electrons. The highest BCUT2D eigenvalue weighted by Gasteiger charge is 2.46. The van der Waals surface area contributed by atoms with Crippen LogP contribution >= 0.6 is 0 Å². The Morgan fingerprint density at radius 1 is 0.362 bits per heavy atom. The average Bonchev–Trinajstić information content (AvgIpc) is 3.13. The Morgan fingerprint density at radius 2 is 0.936 bits per heavy atom. The normalized spacial score (nSPS) is 17.4. The minimum Gasteiger partial charge on any atom is -0.455 e. The van der Waals surface area contributed by atoms with Gasteiger partial charge in [-0.1, -0.05) is 109 Å². The highest BCUT2D eigenvalue weighted by Crippen LogP contribution is 2.65. The number of anilines is 4. The molecule has 0 saturated carbocycles. The van der Waals surface area contributed by atoms with Gasteiger partial charge in [-0.3, -0.25) is 0 Å². The van der Waals surface area contributed by atoms with Crippen molar-refractivity contribution in [3.05, 3.63) is 168 Å². The first-order valence-corrected chi connectivity index (χ1v) is 16.4. The van der Waals surface area contributed by atoms with Gasteiger partial charge in [0.1, 0.15) is 11.4 Å². The van der Waals surface area contributed by atoms with Crippen molar-refractivity contribution >= 4 is 22.7 Å². The van der Waals surface area contributed by atoms with E-state index in [1.807, 2.05) is 0 Å². The van der Waals surface area contributed by atoms with Crippen molar-refractivity contribution in [2.45, 2.75) is 11.8 Å². The number of hydrazine groups is 1. The summed E-state index contributed by atoms with van der Waals surface area (Å²) in [5, 5.41) is 4.85. The van der Waals surface area contributed by atoms with Gasteiger partial charge in [0.2, 0.25) is 0 Å². The van der Waals surface area contributed by atoms with Crippen LogP contribution in [0.4, 0.5) is 22.7 Å². The molecule has 3 nitrogen and oxygen atoms in total. The summed E-state index contributed by atoms with van der Waals surface area (Å²) in [6, 6.07) is 53.9. The molecular weight excluding hydrogens is 572 g/mol. The van der Waals surface area contributed by atoms with Crippen LogP contribution in [-0.4, -0.2) is 0 Å². The zero-order valence-corrected chi connectivity index (χ0v) is 25.3. The highest BCUT2D eigenvalue weighted by atomic mass is 16.5. The minimum atomic E-state index is 0.0960. The Labute approximate surface area is 272 Å². The molecule has 0 aromatic heterocycles. The number of ether oxygens (including phenoxy) is 1. The van der Waals surface area contributed by atoms with E-state index >= 15 is 0 Å². The van der Waals surface area contributed by atoms with Gasteiger partial charge in [-0.25, -0.2) is 10.0 Å². The molecule has 2 unspecified atom stereocenters. The number of hydrogen-bond acceptors (Lipinski definition) is 3. The smallest absolute Gasteiger partial charge is 0.153 e. The fourth-order valence-electron chi connectivity index (χ4n) is 9.33. The fourth-order valence-corrected chi connectivity index (χ4v) is 9.33. The van der Waals surface area contributed by atoms with E-state index in [1.54, 1.807) is 0 Å². The minimum absolute atomic E-state index is 0.0960. The molecule has 0 radical (unpaired) electrons. The molecule has 47 heavy (non-hydrogen) atoms. The van der Waals surface area contributed by atoms with Crippen LogP contribution in [0.1, 0.15) is 34.1 Å². The first kappa shape index (κ1) is 24.2. The molecule has 0 saturated heterocycles. The third-order valence-electron chi connectivity index (χ3n) is 11.1. The number of para-hydroxylation sites is 3. The SMILES string of the molecule is c1ccc2c(c1)-c1cc3c4cc1C1c5c(cccc5-c5ccccc5C21)Oc1cccc2c1N4N(c1ccccc1-3)c1ccccc1-2. The van der Waals surface area contributed by atoms with Crippen molar-refractivity contribution in [1.82, 2.24) is 0 Å². The summed E-state index contributed by atoms with van der Waals surface area (Å²) in [5.74, 6) is 2.06. The zero-order chi connectivity index (χ0) is 30.4. The van der Waals surface area contributed by atoms with Crippen LogP contribution in [0.3, 0.4) is 0 Å². The molecule has 3 heterocycles. The predicted molar refractivity (Wildman–Crippen MR) is 189 cm³/mol.